The second-order valence-corrected chi connectivity index (χ2v) is 6.03. The summed E-state index contributed by atoms with van der Waals surface area (Å²) in [6.07, 6.45) is 0. The quantitative estimate of drug-likeness (QED) is 0.338. The van der Waals surface area contributed by atoms with Crippen molar-refractivity contribution in [3.8, 4) is 17.2 Å². The van der Waals surface area contributed by atoms with Gasteiger partial charge in [0.25, 0.3) is 0 Å². The van der Waals surface area contributed by atoms with Gasteiger partial charge in [-0.1, -0.05) is 17.7 Å². The Labute approximate surface area is 163 Å². The van der Waals surface area contributed by atoms with E-state index in [2.05, 4.69) is 10.2 Å². The van der Waals surface area contributed by atoms with Crippen LogP contribution in [0.3, 0.4) is 0 Å². The fourth-order valence-electron chi connectivity index (χ4n) is 2.39. The summed E-state index contributed by atoms with van der Waals surface area (Å²) in [7, 11) is 0. The lowest BCUT2D eigenvalue weighted by molar-refractivity contribution is 0.0734. The molecule has 3 aromatic carbocycles. The van der Waals surface area contributed by atoms with Gasteiger partial charge in [0.05, 0.1) is 17.9 Å². The molecule has 0 amide bonds. The summed E-state index contributed by atoms with van der Waals surface area (Å²) < 4.78 is 10.6. The zero-order valence-corrected chi connectivity index (χ0v) is 15.6. The smallest absolute Gasteiger partial charge is 0.343 e. The first-order chi connectivity index (χ1) is 13.5. The van der Waals surface area contributed by atoms with Gasteiger partial charge in [-0.2, -0.15) is 5.11 Å². The highest BCUT2D eigenvalue weighted by Crippen LogP contribution is 2.32. The van der Waals surface area contributed by atoms with Crippen LogP contribution in [0.1, 0.15) is 22.8 Å². The Hall–Kier alpha value is -3.67. The molecule has 0 spiro atoms. The highest BCUT2D eigenvalue weighted by atomic mass is 16.5. The van der Waals surface area contributed by atoms with Crippen LogP contribution in [-0.4, -0.2) is 17.7 Å². The van der Waals surface area contributed by atoms with Gasteiger partial charge in [0.2, 0.25) is 0 Å². The number of benzene rings is 3. The summed E-state index contributed by atoms with van der Waals surface area (Å²) in [5, 5.41) is 18.2. The monoisotopic (exact) mass is 376 g/mol. The number of esters is 1. The zero-order chi connectivity index (χ0) is 19.9. The third-order valence-electron chi connectivity index (χ3n) is 3.87. The van der Waals surface area contributed by atoms with Gasteiger partial charge in [-0.25, -0.2) is 4.79 Å². The van der Waals surface area contributed by atoms with E-state index in [1.54, 1.807) is 30.3 Å². The van der Waals surface area contributed by atoms with E-state index < -0.39 is 5.97 Å². The summed E-state index contributed by atoms with van der Waals surface area (Å²) in [6.45, 7) is 4.43. The lowest BCUT2D eigenvalue weighted by Gasteiger charge is -2.07. The molecular weight excluding hydrogens is 356 g/mol. The lowest BCUT2D eigenvalue weighted by Crippen LogP contribution is -2.08. The van der Waals surface area contributed by atoms with Crippen molar-refractivity contribution in [2.45, 2.75) is 13.8 Å². The molecule has 0 bridgehead atoms. The number of aryl methyl sites for hydroxylation is 1. The van der Waals surface area contributed by atoms with Crippen LogP contribution in [0.2, 0.25) is 0 Å². The first-order valence-electron chi connectivity index (χ1n) is 8.81. The van der Waals surface area contributed by atoms with Gasteiger partial charge in [0, 0.05) is 6.07 Å². The van der Waals surface area contributed by atoms with Crippen LogP contribution in [0.5, 0.6) is 17.2 Å². The minimum Gasteiger partial charge on any atom is -0.505 e. The third kappa shape index (κ3) is 4.94. The van der Waals surface area contributed by atoms with Crippen molar-refractivity contribution >= 4 is 17.3 Å². The van der Waals surface area contributed by atoms with E-state index in [-0.39, 0.29) is 17.2 Å². The molecule has 3 rings (SSSR count). The normalized spacial score (nSPS) is 10.8. The van der Waals surface area contributed by atoms with Gasteiger partial charge < -0.3 is 14.6 Å². The molecule has 3 aromatic rings. The van der Waals surface area contributed by atoms with Crippen LogP contribution < -0.4 is 9.47 Å². The number of nitrogens with zero attached hydrogens (tertiary/aromatic N) is 2. The number of hydrogen-bond donors (Lipinski definition) is 1. The SMILES string of the molecule is CCOc1ccc(C(=O)Oc2ccc(N=Nc3ccc(C)cc3)c(O)c2)cc1. The highest BCUT2D eigenvalue weighted by molar-refractivity contribution is 5.91. The average Bonchev–Trinajstić information content (AvgIpc) is 2.69. The first-order valence-corrected chi connectivity index (χ1v) is 8.81. The topological polar surface area (TPSA) is 80.5 Å². The van der Waals surface area contributed by atoms with Crippen molar-refractivity contribution in [1.82, 2.24) is 0 Å². The van der Waals surface area contributed by atoms with Crippen LogP contribution in [0.15, 0.2) is 77.0 Å². The number of carbonyl (C=O) groups excluding carboxylic acids is 1. The van der Waals surface area contributed by atoms with E-state index >= 15 is 0 Å². The number of azo groups is 1. The summed E-state index contributed by atoms with van der Waals surface area (Å²) >= 11 is 0. The Balaban J connectivity index is 1.67. The van der Waals surface area contributed by atoms with Gasteiger partial charge in [-0.15, -0.1) is 5.11 Å². The third-order valence-corrected chi connectivity index (χ3v) is 3.87. The van der Waals surface area contributed by atoms with E-state index in [1.165, 1.54) is 12.1 Å². The maximum absolute atomic E-state index is 12.2. The van der Waals surface area contributed by atoms with E-state index in [4.69, 9.17) is 9.47 Å². The molecule has 0 unspecified atom stereocenters. The second kappa shape index (κ2) is 8.81. The van der Waals surface area contributed by atoms with Gasteiger partial charge in [0.15, 0.2) is 0 Å². The van der Waals surface area contributed by atoms with Gasteiger partial charge in [-0.05, 0) is 62.4 Å². The van der Waals surface area contributed by atoms with Crippen molar-refractivity contribution < 1.29 is 19.4 Å². The fraction of sp³-hybridized carbons (Fsp3) is 0.136. The van der Waals surface area contributed by atoms with E-state index in [0.717, 1.165) is 5.56 Å². The molecule has 0 aliphatic rings. The number of carbonyl (C=O) groups is 1. The summed E-state index contributed by atoms with van der Waals surface area (Å²) in [4.78, 5) is 12.2. The molecule has 0 radical (unpaired) electrons. The van der Waals surface area contributed by atoms with Crippen LogP contribution in [0.4, 0.5) is 11.4 Å². The van der Waals surface area contributed by atoms with Crippen molar-refractivity contribution in [3.05, 3.63) is 77.9 Å². The molecular formula is C22H20N2O4. The molecule has 1 N–H and O–H groups in total. The molecule has 0 saturated carbocycles. The van der Waals surface area contributed by atoms with Crippen LogP contribution in [0.25, 0.3) is 0 Å². The molecule has 6 nitrogen and oxygen atoms in total. The fourth-order valence-corrected chi connectivity index (χ4v) is 2.39. The Morgan fingerprint density at radius 1 is 0.929 bits per heavy atom. The summed E-state index contributed by atoms with van der Waals surface area (Å²) in [5.74, 6) is 0.231. The van der Waals surface area contributed by atoms with Crippen LogP contribution in [0, 0.1) is 6.92 Å². The largest absolute Gasteiger partial charge is 0.505 e. The number of phenolic OH excluding ortho intramolecular Hbond substituents is 1. The molecule has 0 fully saturated rings. The second-order valence-electron chi connectivity index (χ2n) is 6.03. The van der Waals surface area contributed by atoms with Crippen molar-refractivity contribution in [3.63, 3.8) is 0 Å². The Kier molecular flexibility index (Phi) is 6.01. The first kappa shape index (κ1) is 19.1. The maximum Gasteiger partial charge on any atom is 0.343 e. The molecule has 0 aliphatic carbocycles. The van der Waals surface area contributed by atoms with Crippen molar-refractivity contribution in [2.75, 3.05) is 6.61 Å². The van der Waals surface area contributed by atoms with Crippen molar-refractivity contribution in [1.29, 1.82) is 0 Å². The predicted octanol–water partition coefficient (Wildman–Crippen LogP) is 5.73. The summed E-state index contributed by atoms with van der Waals surface area (Å²) in [5.41, 5.74) is 2.46. The summed E-state index contributed by atoms with van der Waals surface area (Å²) in [6, 6.07) is 18.6. The number of aromatic hydroxyl groups is 1. The minimum atomic E-state index is -0.531. The minimum absolute atomic E-state index is 0.132. The number of hydrogen-bond acceptors (Lipinski definition) is 6. The molecule has 6 heteroatoms. The van der Waals surface area contributed by atoms with Crippen LogP contribution >= 0.6 is 0 Å². The Bertz CT molecular complexity index is 980. The number of rotatable bonds is 6. The Morgan fingerprint density at radius 2 is 1.61 bits per heavy atom. The lowest BCUT2D eigenvalue weighted by atomic mass is 10.2. The molecule has 0 heterocycles. The van der Waals surface area contributed by atoms with Crippen LogP contribution in [-0.2, 0) is 0 Å². The Morgan fingerprint density at radius 3 is 2.25 bits per heavy atom. The van der Waals surface area contributed by atoms with E-state index in [0.29, 0.717) is 23.6 Å². The molecule has 0 aliphatic heterocycles. The molecule has 28 heavy (non-hydrogen) atoms. The highest BCUT2D eigenvalue weighted by Gasteiger charge is 2.11. The molecule has 0 saturated heterocycles. The van der Waals surface area contributed by atoms with E-state index in [1.807, 2.05) is 38.1 Å². The number of ether oxygens (including phenoxy) is 2. The van der Waals surface area contributed by atoms with Gasteiger partial charge in [0.1, 0.15) is 22.9 Å². The maximum atomic E-state index is 12.2. The zero-order valence-electron chi connectivity index (χ0n) is 15.6. The standard InChI is InChI=1S/C22H20N2O4/c1-3-27-18-10-6-16(7-11-18)22(26)28-19-12-13-20(21(25)14-19)24-23-17-8-4-15(2)5-9-17/h4-14,25H,3H2,1-2H3. The molecule has 142 valence electrons. The van der Waals surface area contributed by atoms with Gasteiger partial charge in [-0.3, -0.25) is 0 Å². The number of phenols is 1. The van der Waals surface area contributed by atoms with E-state index in [9.17, 15) is 9.90 Å². The molecule has 0 aromatic heterocycles. The van der Waals surface area contributed by atoms with Crippen molar-refractivity contribution in [2.24, 2.45) is 10.2 Å². The average molecular weight is 376 g/mol. The van der Waals surface area contributed by atoms with Gasteiger partial charge >= 0.3 is 5.97 Å². The predicted molar refractivity (Wildman–Crippen MR) is 106 cm³/mol. The molecule has 0 atom stereocenters.